The molecule has 0 aliphatic carbocycles. The van der Waals surface area contributed by atoms with Crippen LogP contribution in [-0.4, -0.2) is 33.9 Å². The number of esters is 1. The zero-order valence-electron chi connectivity index (χ0n) is 15.9. The number of nitrogens with zero attached hydrogens (tertiary/aromatic N) is 2. The second-order valence-electron chi connectivity index (χ2n) is 6.40. The van der Waals surface area contributed by atoms with Crippen LogP contribution >= 0.6 is 11.6 Å². The van der Waals surface area contributed by atoms with E-state index >= 15 is 0 Å². The Morgan fingerprint density at radius 3 is 2.52 bits per heavy atom. The lowest BCUT2D eigenvalue weighted by Gasteiger charge is -2.18. The highest BCUT2D eigenvalue weighted by atomic mass is 35.5. The molecule has 0 aromatic carbocycles. The van der Waals surface area contributed by atoms with Gasteiger partial charge in [0.05, 0.1) is 11.7 Å². The number of aromatic nitrogens is 1. The van der Waals surface area contributed by atoms with Gasteiger partial charge < -0.3 is 4.74 Å². The van der Waals surface area contributed by atoms with Crippen LogP contribution in [0.5, 0.6) is 0 Å². The molecule has 0 radical (unpaired) electrons. The Hall–Kier alpha value is -2.62. The van der Waals surface area contributed by atoms with Crippen LogP contribution < -0.4 is 5.43 Å². The maximum absolute atomic E-state index is 12.8. The Labute approximate surface area is 169 Å². The fraction of sp³-hybridized carbons (Fsp3) is 0.444. The molecule has 1 N–H and O–H groups in total. The number of carbonyl (C=O) groups excluding carboxylic acids is 3. The molecule has 158 valence electrons. The van der Waals surface area contributed by atoms with E-state index in [0.717, 1.165) is 6.07 Å². The van der Waals surface area contributed by atoms with E-state index in [1.807, 2.05) is 6.92 Å². The van der Waals surface area contributed by atoms with Gasteiger partial charge in [0.15, 0.2) is 0 Å². The highest BCUT2D eigenvalue weighted by molar-refractivity contribution is 6.30. The number of amides is 2. The SMILES string of the molecule is CCC(C)OC(=O)CCC1=C(C)C(=O)N(Nc2ccc(C(F)(F)F)c(Cl)n2)C1=O. The number of halogens is 4. The van der Waals surface area contributed by atoms with E-state index in [9.17, 15) is 27.6 Å². The molecule has 2 heterocycles. The van der Waals surface area contributed by atoms with E-state index in [1.165, 1.54) is 6.92 Å². The number of hydrazine groups is 1. The van der Waals surface area contributed by atoms with Gasteiger partial charge in [-0.05, 0) is 38.8 Å². The average molecular weight is 434 g/mol. The normalized spacial score (nSPS) is 15.8. The first-order valence-corrected chi connectivity index (χ1v) is 9.11. The van der Waals surface area contributed by atoms with Crippen molar-refractivity contribution in [3.63, 3.8) is 0 Å². The number of ether oxygens (including phenoxy) is 1. The molecule has 0 bridgehead atoms. The molecule has 0 saturated heterocycles. The predicted octanol–water partition coefficient (Wildman–Crippen LogP) is 3.89. The van der Waals surface area contributed by atoms with Crippen LogP contribution in [0.15, 0.2) is 23.3 Å². The molecule has 29 heavy (non-hydrogen) atoms. The van der Waals surface area contributed by atoms with E-state index in [1.54, 1.807) is 6.92 Å². The third kappa shape index (κ3) is 5.26. The van der Waals surface area contributed by atoms with E-state index in [0.29, 0.717) is 17.5 Å². The van der Waals surface area contributed by atoms with E-state index in [4.69, 9.17) is 16.3 Å². The summed E-state index contributed by atoms with van der Waals surface area (Å²) in [5.41, 5.74) is 1.46. The van der Waals surface area contributed by atoms with Gasteiger partial charge in [0, 0.05) is 17.6 Å². The number of anilines is 1. The highest BCUT2D eigenvalue weighted by Gasteiger charge is 2.37. The number of hydrogen-bond acceptors (Lipinski definition) is 6. The fourth-order valence-corrected chi connectivity index (χ4v) is 2.76. The summed E-state index contributed by atoms with van der Waals surface area (Å²) in [6, 6.07) is 1.64. The quantitative estimate of drug-likeness (QED) is 0.399. The van der Waals surface area contributed by atoms with Crippen LogP contribution in [0.1, 0.15) is 45.6 Å². The number of pyridine rings is 1. The third-order valence-electron chi connectivity index (χ3n) is 4.30. The van der Waals surface area contributed by atoms with Gasteiger partial charge in [-0.15, -0.1) is 0 Å². The van der Waals surface area contributed by atoms with Crippen molar-refractivity contribution in [2.24, 2.45) is 0 Å². The maximum atomic E-state index is 12.8. The van der Waals surface area contributed by atoms with E-state index in [-0.39, 0.29) is 35.9 Å². The fourth-order valence-electron chi connectivity index (χ4n) is 2.50. The maximum Gasteiger partial charge on any atom is 0.419 e. The topological polar surface area (TPSA) is 88.6 Å². The lowest BCUT2D eigenvalue weighted by atomic mass is 10.1. The smallest absolute Gasteiger partial charge is 0.419 e. The minimum absolute atomic E-state index is 0.00888. The zero-order valence-corrected chi connectivity index (χ0v) is 16.6. The van der Waals surface area contributed by atoms with Crippen molar-refractivity contribution >= 4 is 35.2 Å². The Bertz CT molecular complexity index is 870. The number of rotatable bonds is 7. The first-order valence-electron chi connectivity index (χ1n) is 8.74. The molecule has 2 rings (SSSR count). The van der Waals surface area contributed by atoms with Crippen molar-refractivity contribution in [1.82, 2.24) is 9.99 Å². The lowest BCUT2D eigenvalue weighted by Crippen LogP contribution is -2.37. The van der Waals surface area contributed by atoms with Crippen molar-refractivity contribution < 1.29 is 32.3 Å². The van der Waals surface area contributed by atoms with Crippen LogP contribution in [0.3, 0.4) is 0 Å². The summed E-state index contributed by atoms with van der Waals surface area (Å²) in [5.74, 6) is -2.13. The number of imide groups is 1. The van der Waals surface area contributed by atoms with Gasteiger partial charge in [0.25, 0.3) is 11.8 Å². The van der Waals surface area contributed by atoms with Crippen molar-refractivity contribution in [3.05, 3.63) is 34.0 Å². The van der Waals surface area contributed by atoms with Crippen LogP contribution in [0, 0.1) is 0 Å². The molecule has 1 unspecified atom stereocenters. The molecular formula is C18H19ClF3N3O4. The summed E-state index contributed by atoms with van der Waals surface area (Å²) < 4.78 is 43.4. The van der Waals surface area contributed by atoms with Crippen molar-refractivity contribution in [2.75, 3.05) is 5.43 Å². The molecule has 1 atom stereocenters. The molecule has 1 aliphatic rings. The summed E-state index contributed by atoms with van der Waals surface area (Å²) >= 11 is 5.55. The first kappa shape index (κ1) is 22.7. The molecule has 0 saturated carbocycles. The summed E-state index contributed by atoms with van der Waals surface area (Å²) in [4.78, 5) is 40.2. The van der Waals surface area contributed by atoms with Crippen molar-refractivity contribution in [2.45, 2.75) is 52.3 Å². The van der Waals surface area contributed by atoms with Gasteiger partial charge in [-0.25, -0.2) is 4.98 Å². The molecular weight excluding hydrogens is 415 g/mol. The average Bonchev–Trinajstić information content (AvgIpc) is 2.82. The van der Waals surface area contributed by atoms with Crippen LogP contribution in [0.2, 0.25) is 5.15 Å². The molecule has 2 amide bonds. The van der Waals surface area contributed by atoms with Gasteiger partial charge >= 0.3 is 12.1 Å². The minimum atomic E-state index is -4.68. The number of alkyl halides is 3. The molecule has 0 fully saturated rings. The zero-order chi connectivity index (χ0) is 21.9. The summed E-state index contributed by atoms with van der Waals surface area (Å²) in [6.07, 6.45) is -4.39. The number of carbonyl (C=O) groups is 3. The summed E-state index contributed by atoms with van der Waals surface area (Å²) in [5, 5.41) is -0.198. The number of nitrogens with one attached hydrogen (secondary N) is 1. The summed E-state index contributed by atoms with van der Waals surface area (Å²) in [6.45, 7) is 5.01. The minimum Gasteiger partial charge on any atom is -0.463 e. The third-order valence-corrected chi connectivity index (χ3v) is 4.59. The van der Waals surface area contributed by atoms with Crippen LogP contribution in [0.4, 0.5) is 19.0 Å². The van der Waals surface area contributed by atoms with Gasteiger partial charge in [0.2, 0.25) is 0 Å². The molecule has 1 aliphatic heterocycles. The van der Waals surface area contributed by atoms with E-state index in [2.05, 4.69) is 10.4 Å². The Morgan fingerprint density at radius 1 is 1.31 bits per heavy atom. The van der Waals surface area contributed by atoms with Crippen LogP contribution in [-0.2, 0) is 25.3 Å². The standard InChI is InChI=1S/C18H19ClF3N3O4/c1-4-9(2)29-14(26)8-5-11-10(3)16(27)25(17(11)28)24-13-7-6-12(15(19)23-13)18(20,21)22/h6-7,9H,4-5,8H2,1-3H3,(H,23,24). The second kappa shape index (κ2) is 8.81. The Balaban J connectivity index is 2.08. The Kier molecular flexibility index (Phi) is 6.89. The molecule has 1 aromatic heterocycles. The van der Waals surface area contributed by atoms with Crippen molar-refractivity contribution in [3.8, 4) is 0 Å². The Morgan fingerprint density at radius 2 is 1.97 bits per heavy atom. The largest absolute Gasteiger partial charge is 0.463 e. The second-order valence-corrected chi connectivity index (χ2v) is 6.76. The van der Waals surface area contributed by atoms with Gasteiger partial charge in [-0.3, -0.25) is 19.8 Å². The van der Waals surface area contributed by atoms with Gasteiger partial charge in [-0.1, -0.05) is 18.5 Å². The predicted molar refractivity (Wildman–Crippen MR) is 97.5 cm³/mol. The molecule has 1 aromatic rings. The lowest BCUT2D eigenvalue weighted by molar-refractivity contribution is -0.148. The number of hydrogen-bond donors (Lipinski definition) is 1. The molecule has 0 spiro atoms. The molecule has 7 nitrogen and oxygen atoms in total. The van der Waals surface area contributed by atoms with Crippen LogP contribution in [0.25, 0.3) is 0 Å². The highest BCUT2D eigenvalue weighted by Crippen LogP contribution is 2.34. The monoisotopic (exact) mass is 433 g/mol. The first-order chi connectivity index (χ1) is 13.5. The summed E-state index contributed by atoms with van der Waals surface area (Å²) in [7, 11) is 0. The van der Waals surface area contributed by atoms with Gasteiger partial charge in [-0.2, -0.15) is 18.2 Å². The van der Waals surface area contributed by atoms with E-state index < -0.39 is 34.7 Å². The van der Waals surface area contributed by atoms with Crippen molar-refractivity contribution in [1.29, 1.82) is 0 Å². The van der Waals surface area contributed by atoms with Gasteiger partial charge in [0.1, 0.15) is 11.0 Å². The molecule has 11 heteroatoms.